The second-order valence-corrected chi connectivity index (χ2v) is 6.41. The number of benzene rings is 1. The average molecular weight is 355 g/mol. The lowest BCUT2D eigenvalue weighted by molar-refractivity contribution is -0.121. The fourth-order valence-electron chi connectivity index (χ4n) is 2.28. The summed E-state index contributed by atoms with van der Waals surface area (Å²) in [5, 5.41) is 2.52. The van der Waals surface area contributed by atoms with E-state index < -0.39 is 0 Å². The van der Waals surface area contributed by atoms with E-state index >= 15 is 0 Å². The van der Waals surface area contributed by atoms with E-state index in [1.54, 1.807) is 17.5 Å². The maximum atomic E-state index is 12.1. The quantitative estimate of drug-likeness (QED) is 0.705. The van der Waals surface area contributed by atoms with Gasteiger partial charge in [0.2, 0.25) is 5.91 Å². The molecule has 0 aliphatic rings. The molecule has 6 nitrogen and oxygen atoms in total. The molecule has 0 unspecified atom stereocenters. The normalized spacial score (nSPS) is 10.5. The van der Waals surface area contributed by atoms with Crippen LogP contribution in [0.15, 0.2) is 46.2 Å². The van der Waals surface area contributed by atoms with Gasteiger partial charge in [-0.15, -0.1) is 11.3 Å². The molecule has 3 rings (SSSR count). The second-order valence-electron chi connectivity index (χ2n) is 5.55. The van der Waals surface area contributed by atoms with Crippen LogP contribution in [-0.4, -0.2) is 16.8 Å². The van der Waals surface area contributed by atoms with Gasteiger partial charge in [0.15, 0.2) is 10.8 Å². The Kier molecular flexibility index (Phi) is 4.95. The number of hydrogen-bond acceptors (Lipinski definition) is 5. The molecule has 2 heterocycles. The summed E-state index contributed by atoms with van der Waals surface area (Å²) < 4.78 is 5.52. The predicted octanol–water partition coefficient (Wildman–Crippen LogP) is 3.02. The molecule has 0 spiro atoms. The van der Waals surface area contributed by atoms with Gasteiger partial charge in [-0.3, -0.25) is 20.4 Å². The number of hydrogen-bond donors (Lipinski definition) is 2. The summed E-state index contributed by atoms with van der Waals surface area (Å²) >= 11 is 1.41. The minimum absolute atomic E-state index is 0.0737. The maximum absolute atomic E-state index is 12.1. The first-order valence-electron chi connectivity index (χ1n) is 7.69. The van der Waals surface area contributed by atoms with Gasteiger partial charge in [-0.1, -0.05) is 18.2 Å². The molecule has 2 aromatic heterocycles. The van der Waals surface area contributed by atoms with Gasteiger partial charge >= 0.3 is 0 Å². The van der Waals surface area contributed by atoms with E-state index in [1.807, 2.05) is 38.1 Å². The summed E-state index contributed by atoms with van der Waals surface area (Å²) in [4.78, 5) is 28.4. The summed E-state index contributed by atoms with van der Waals surface area (Å²) in [5.41, 5.74) is 6.81. The Morgan fingerprint density at radius 1 is 1.12 bits per heavy atom. The zero-order valence-electron chi connectivity index (χ0n) is 13.8. The highest BCUT2D eigenvalue weighted by atomic mass is 32.1. The van der Waals surface area contributed by atoms with Crippen LogP contribution in [0.2, 0.25) is 0 Å². The molecule has 0 bridgehead atoms. The number of nitrogens with zero attached hydrogens (tertiary/aromatic N) is 1. The molecule has 7 heteroatoms. The summed E-state index contributed by atoms with van der Waals surface area (Å²) in [5.74, 6) is 0.802. The molecule has 2 N–H and O–H groups in total. The van der Waals surface area contributed by atoms with Gasteiger partial charge < -0.3 is 4.42 Å². The molecule has 25 heavy (non-hydrogen) atoms. The van der Waals surface area contributed by atoms with Gasteiger partial charge in [-0.2, -0.15) is 0 Å². The predicted molar refractivity (Wildman–Crippen MR) is 95.0 cm³/mol. The fourth-order valence-corrected chi connectivity index (χ4v) is 3.06. The van der Waals surface area contributed by atoms with Crippen LogP contribution in [-0.2, 0) is 11.2 Å². The van der Waals surface area contributed by atoms with Gasteiger partial charge in [0.1, 0.15) is 5.76 Å². The van der Waals surface area contributed by atoms with Gasteiger partial charge in [-0.05, 0) is 37.6 Å². The average Bonchev–Trinajstić information content (AvgIpc) is 3.22. The first kappa shape index (κ1) is 16.9. The lowest BCUT2D eigenvalue weighted by Gasteiger charge is -2.08. The molecule has 3 aromatic rings. The van der Waals surface area contributed by atoms with Crippen LogP contribution in [0.25, 0.3) is 10.8 Å². The number of furan rings is 1. The Morgan fingerprint density at radius 3 is 2.64 bits per heavy atom. The monoisotopic (exact) mass is 355 g/mol. The Labute approximate surface area is 148 Å². The SMILES string of the molecule is Cc1ccc(-c2nc(CC(=O)NNC(=O)c3ccccc3C)cs2)o1. The van der Waals surface area contributed by atoms with E-state index in [1.165, 1.54) is 11.3 Å². The van der Waals surface area contributed by atoms with Crippen LogP contribution in [0, 0.1) is 13.8 Å². The van der Waals surface area contributed by atoms with Gasteiger partial charge in [0, 0.05) is 10.9 Å². The molecule has 2 amide bonds. The molecule has 0 radical (unpaired) electrons. The number of thiazole rings is 1. The van der Waals surface area contributed by atoms with Crippen molar-refractivity contribution in [3.8, 4) is 10.8 Å². The largest absolute Gasteiger partial charge is 0.459 e. The lowest BCUT2D eigenvalue weighted by Crippen LogP contribution is -2.42. The third-order valence-electron chi connectivity index (χ3n) is 3.55. The number of carbonyl (C=O) groups excluding carboxylic acids is 2. The van der Waals surface area contributed by atoms with E-state index in [0.717, 1.165) is 16.3 Å². The summed E-state index contributed by atoms with van der Waals surface area (Å²) in [7, 11) is 0. The molecular weight excluding hydrogens is 338 g/mol. The summed E-state index contributed by atoms with van der Waals surface area (Å²) in [6, 6.07) is 10.9. The number of aromatic nitrogens is 1. The Morgan fingerprint density at radius 2 is 1.92 bits per heavy atom. The van der Waals surface area contributed by atoms with Crippen molar-refractivity contribution >= 4 is 23.2 Å². The Hall–Kier alpha value is -2.93. The molecule has 128 valence electrons. The van der Waals surface area contributed by atoms with E-state index in [0.29, 0.717) is 17.0 Å². The van der Waals surface area contributed by atoms with Crippen molar-refractivity contribution in [2.24, 2.45) is 0 Å². The number of hydrazine groups is 1. The highest BCUT2D eigenvalue weighted by Crippen LogP contribution is 2.25. The van der Waals surface area contributed by atoms with Crippen LogP contribution in [0.1, 0.15) is 27.4 Å². The molecule has 0 fully saturated rings. The van der Waals surface area contributed by atoms with E-state index in [4.69, 9.17) is 4.42 Å². The lowest BCUT2D eigenvalue weighted by atomic mass is 10.1. The van der Waals surface area contributed by atoms with Gasteiger partial charge in [-0.25, -0.2) is 4.98 Å². The first-order valence-corrected chi connectivity index (χ1v) is 8.57. The van der Waals surface area contributed by atoms with Crippen LogP contribution in [0.3, 0.4) is 0 Å². The minimum atomic E-state index is -0.350. The zero-order valence-corrected chi connectivity index (χ0v) is 14.6. The van der Waals surface area contributed by atoms with Gasteiger partial charge in [0.25, 0.3) is 5.91 Å². The molecule has 0 aliphatic carbocycles. The van der Waals surface area contributed by atoms with Crippen molar-refractivity contribution in [2.45, 2.75) is 20.3 Å². The summed E-state index contributed by atoms with van der Waals surface area (Å²) in [6.45, 7) is 3.70. The van der Waals surface area contributed by atoms with Crippen molar-refractivity contribution in [3.05, 3.63) is 64.4 Å². The smallest absolute Gasteiger partial charge is 0.269 e. The van der Waals surface area contributed by atoms with E-state index in [9.17, 15) is 9.59 Å². The molecule has 0 aliphatic heterocycles. The maximum Gasteiger partial charge on any atom is 0.269 e. The number of carbonyl (C=O) groups is 2. The van der Waals surface area contributed by atoms with Crippen molar-refractivity contribution in [3.63, 3.8) is 0 Å². The molecule has 0 saturated heterocycles. The topological polar surface area (TPSA) is 84.2 Å². The summed E-state index contributed by atoms with van der Waals surface area (Å²) in [6.07, 6.45) is 0.0737. The highest BCUT2D eigenvalue weighted by Gasteiger charge is 2.13. The highest BCUT2D eigenvalue weighted by molar-refractivity contribution is 7.13. The number of amides is 2. The van der Waals surface area contributed by atoms with Gasteiger partial charge in [0.05, 0.1) is 12.1 Å². The number of aryl methyl sites for hydroxylation is 2. The standard InChI is InChI=1S/C18H17N3O3S/c1-11-5-3-4-6-14(11)17(23)21-20-16(22)9-13-10-25-18(19-13)15-8-7-12(2)24-15/h3-8,10H,9H2,1-2H3,(H,20,22)(H,21,23). The molecule has 0 saturated carbocycles. The zero-order chi connectivity index (χ0) is 17.8. The molecule has 0 atom stereocenters. The number of rotatable bonds is 4. The first-order chi connectivity index (χ1) is 12.0. The Balaban J connectivity index is 1.55. The van der Waals surface area contributed by atoms with E-state index in [2.05, 4.69) is 15.8 Å². The van der Waals surface area contributed by atoms with Crippen molar-refractivity contribution < 1.29 is 14.0 Å². The van der Waals surface area contributed by atoms with Crippen LogP contribution in [0.4, 0.5) is 0 Å². The number of nitrogens with one attached hydrogen (secondary N) is 2. The fraction of sp³-hybridized carbons (Fsp3) is 0.167. The van der Waals surface area contributed by atoms with Crippen LogP contribution in [0.5, 0.6) is 0 Å². The van der Waals surface area contributed by atoms with E-state index in [-0.39, 0.29) is 18.2 Å². The van der Waals surface area contributed by atoms with Crippen molar-refractivity contribution in [1.82, 2.24) is 15.8 Å². The van der Waals surface area contributed by atoms with Crippen LogP contribution < -0.4 is 10.9 Å². The second kappa shape index (κ2) is 7.31. The van der Waals surface area contributed by atoms with Crippen molar-refractivity contribution in [2.75, 3.05) is 0 Å². The van der Waals surface area contributed by atoms with Crippen molar-refractivity contribution in [1.29, 1.82) is 0 Å². The minimum Gasteiger partial charge on any atom is -0.459 e. The molecule has 1 aromatic carbocycles. The molecular formula is C18H17N3O3S. The van der Waals surface area contributed by atoms with Crippen LogP contribution >= 0.6 is 11.3 Å². The third-order valence-corrected chi connectivity index (χ3v) is 4.46. The Bertz CT molecular complexity index is 914. The third kappa shape index (κ3) is 4.13.